The van der Waals surface area contributed by atoms with Crippen LogP contribution in [0.4, 0.5) is 0 Å². The molecule has 1 atom stereocenters. The van der Waals surface area contributed by atoms with Crippen molar-refractivity contribution < 1.29 is 9.59 Å². The molecule has 0 N–H and O–H groups in total. The molecule has 0 aliphatic carbocycles. The van der Waals surface area contributed by atoms with Crippen LogP contribution in [0.3, 0.4) is 0 Å². The Morgan fingerprint density at radius 2 is 1.91 bits per heavy atom. The van der Waals surface area contributed by atoms with E-state index < -0.39 is 0 Å². The van der Waals surface area contributed by atoms with Gasteiger partial charge in [0.1, 0.15) is 11.5 Å². The van der Waals surface area contributed by atoms with E-state index in [2.05, 4.69) is 0 Å². The van der Waals surface area contributed by atoms with E-state index in [9.17, 15) is 9.59 Å². The second-order valence-corrected chi connectivity index (χ2v) is 6.22. The highest BCUT2D eigenvalue weighted by molar-refractivity contribution is 5.93. The summed E-state index contributed by atoms with van der Waals surface area (Å²) < 4.78 is 1.83. The monoisotopic (exact) mass is 310 g/mol. The molecule has 1 aromatic carbocycles. The number of aryl methyl sites for hydroxylation is 1. The number of ketones is 1. The molecule has 2 heterocycles. The molecule has 1 amide bonds. The number of hydrogen-bond acceptors (Lipinski definition) is 2. The molecule has 1 saturated heterocycles. The second kappa shape index (κ2) is 6.82. The average molecular weight is 310 g/mol. The van der Waals surface area contributed by atoms with E-state index in [0.29, 0.717) is 18.7 Å². The fraction of sp³-hybridized carbons (Fsp3) is 0.368. The fourth-order valence-corrected chi connectivity index (χ4v) is 3.21. The molecule has 0 spiro atoms. The highest BCUT2D eigenvalue weighted by Crippen LogP contribution is 2.21. The predicted octanol–water partition coefficient (Wildman–Crippen LogP) is 2.69. The van der Waals surface area contributed by atoms with Crippen LogP contribution >= 0.6 is 0 Å². The van der Waals surface area contributed by atoms with Crippen LogP contribution in [-0.2, 0) is 18.3 Å². The highest BCUT2D eigenvalue weighted by atomic mass is 16.2. The van der Waals surface area contributed by atoms with Crippen molar-refractivity contribution in [2.45, 2.75) is 19.3 Å². The van der Waals surface area contributed by atoms with Gasteiger partial charge in [0.2, 0.25) is 0 Å². The minimum absolute atomic E-state index is 0.0229. The molecule has 23 heavy (non-hydrogen) atoms. The molecule has 1 aliphatic rings. The first kappa shape index (κ1) is 15.5. The van der Waals surface area contributed by atoms with Crippen LogP contribution in [0.5, 0.6) is 0 Å². The first-order chi connectivity index (χ1) is 11.1. The van der Waals surface area contributed by atoms with Crippen LogP contribution in [-0.4, -0.2) is 34.2 Å². The smallest absolute Gasteiger partial charge is 0.270 e. The SMILES string of the molecule is Cn1cccc1C(=O)N1CCCC(C(=O)Cc2ccccc2)C1. The Hall–Kier alpha value is -2.36. The number of nitrogens with zero attached hydrogens (tertiary/aromatic N) is 2. The number of rotatable bonds is 4. The molecule has 3 rings (SSSR count). The first-order valence-corrected chi connectivity index (χ1v) is 8.12. The molecular weight excluding hydrogens is 288 g/mol. The van der Waals surface area contributed by atoms with Gasteiger partial charge in [-0.05, 0) is 30.5 Å². The zero-order chi connectivity index (χ0) is 16.2. The van der Waals surface area contributed by atoms with Gasteiger partial charge < -0.3 is 9.47 Å². The van der Waals surface area contributed by atoms with Gasteiger partial charge in [-0.1, -0.05) is 30.3 Å². The molecule has 120 valence electrons. The Kier molecular flexibility index (Phi) is 4.60. The standard InChI is InChI=1S/C19H22N2O2/c1-20-11-6-10-17(20)19(23)21-12-5-9-16(14-21)18(22)13-15-7-3-2-4-8-15/h2-4,6-8,10-11,16H,5,9,12-14H2,1H3. The third-order valence-corrected chi connectivity index (χ3v) is 4.55. The van der Waals surface area contributed by atoms with Crippen molar-refractivity contribution >= 4 is 11.7 Å². The molecular formula is C19H22N2O2. The lowest BCUT2D eigenvalue weighted by Crippen LogP contribution is -2.43. The van der Waals surface area contributed by atoms with E-state index in [-0.39, 0.29) is 17.6 Å². The second-order valence-electron chi connectivity index (χ2n) is 6.22. The molecule has 0 saturated carbocycles. The lowest BCUT2D eigenvalue weighted by atomic mass is 9.90. The number of Topliss-reactive ketones (excluding diaryl/α,β-unsaturated/α-hetero) is 1. The molecule has 4 nitrogen and oxygen atoms in total. The zero-order valence-corrected chi connectivity index (χ0v) is 13.4. The summed E-state index contributed by atoms with van der Waals surface area (Å²) in [4.78, 5) is 27.0. The lowest BCUT2D eigenvalue weighted by Gasteiger charge is -2.32. The van der Waals surface area contributed by atoms with Crippen molar-refractivity contribution in [1.82, 2.24) is 9.47 Å². The van der Waals surface area contributed by atoms with Gasteiger partial charge in [-0.3, -0.25) is 9.59 Å². The van der Waals surface area contributed by atoms with E-state index in [1.807, 2.05) is 65.2 Å². The third kappa shape index (κ3) is 3.52. The minimum atomic E-state index is -0.0480. The number of hydrogen-bond donors (Lipinski definition) is 0. The Morgan fingerprint density at radius 1 is 1.13 bits per heavy atom. The first-order valence-electron chi connectivity index (χ1n) is 8.12. The van der Waals surface area contributed by atoms with E-state index in [1.54, 1.807) is 0 Å². The summed E-state index contributed by atoms with van der Waals surface area (Å²) in [6.45, 7) is 1.27. The molecule has 1 aromatic heterocycles. The Balaban J connectivity index is 1.65. The average Bonchev–Trinajstić information content (AvgIpc) is 3.01. The molecule has 4 heteroatoms. The molecule has 2 aromatic rings. The van der Waals surface area contributed by atoms with E-state index >= 15 is 0 Å². The van der Waals surface area contributed by atoms with Gasteiger partial charge in [0.05, 0.1) is 0 Å². The zero-order valence-electron chi connectivity index (χ0n) is 13.4. The Bertz CT molecular complexity index is 690. The number of benzene rings is 1. The summed E-state index contributed by atoms with van der Waals surface area (Å²) in [7, 11) is 1.87. The largest absolute Gasteiger partial charge is 0.347 e. The van der Waals surface area contributed by atoms with Crippen molar-refractivity contribution in [1.29, 1.82) is 0 Å². The van der Waals surface area contributed by atoms with Crippen molar-refractivity contribution in [3.8, 4) is 0 Å². The van der Waals surface area contributed by atoms with Gasteiger partial charge in [-0.25, -0.2) is 0 Å². The fourth-order valence-electron chi connectivity index (χ4n) is 3.21. The number of amides is 1. The van der Waals surface area contributed by atoms with Gasteiger partial charge in [-0.15, -0.1) is 0 Å². The molecule has 1 aliphatic heterocycles. The molecule has 0 radical (unpaired) electrons. The Labute approximate surface area is 136 Å². The number of piperidine rings is 1. The number of aromatic nitrogens is 1. The number of likely N-dealkylation sites (tertiary alicyclic amines) is 1. The number of carbonyl (C=O) groups is 2. The van der Waals surface area contributed by atoms with Gasteiger partial charge in [0, 0.05) is 38.7 Å². The minimum Gasteiger partial charge on any atom is -0.347 e. The van der Waals surface area contributed by atoms with E-state index in [1.165, 1.54) is 0 Å². The summed E-state index contributed by atoms with van der Waals surface area (Å²) in [6.07, 6.45) is 4.09. The van der Waals surface area contributed by atoms with E-state index in [4.69, 9.17) is 0 Å². The lowest BCUT2D eigenvalue weighted by molar-refractivity contribution is -0.123. The normalized spacial score (nSPS) is 18.0. The van der Waals surface area contributed by atoms with Crippen LogP contribution in [0.2, 0.25) is 0 Å². The number of carbonyl (C=O) groups excluding carboxylic acids is 2. The quantitative estimate of drug-likeness (QED) is 0.871. The van der Waals surface area contributed by atoms with Crippen molar-refractivity contribution in [2.75, 3.05) is 13.1 Å². The maximum atomic E-state index is 12.6. The van der Waals surface area contributed by atoms with Crippen molar-refractivity contribution in [3.63, 3.8) is 0 Å². The predicted molar refractivity (Wildman–Crippen MR) is 89.2 cm³/mol. The van der Waals surface area contributed by atoms with Gasteiger partial charge in [0.25, 0.3) is 5.91 Å². The molecule has 0 bridgehead atoms. The Morgan fingerprint density at radius 3 is 2.61 bits per heavy atom. The molecule has 1 fully saturated rings. The summed E-state index contributed by atoms with van der Waals surface area (Å²) in [5.41, 5.74) is 1.73. The van der Waals surface area contributed by atoms with E-state index in [0.717, 1.165) is 24.9 Å². The maximum Gasteiger partial charge on any atom is 0.270 e. The summed E-state index contributed by atoms with van der Waals surface area (Å²) in [6, 6.07) is 13.5. The van der Waals surface area contributed by atoms with Gasteiger partial charge >= 0.3 is 0 Å². The van der Waals surface area contributed by atoms with Crippen LogP contribution in [0.15, 0.2) is 48.7 Å². The molecule has 1 unspecified atom stereocenters. The van der Waals surface area contributed by atoms with Gasteiger partial charge in [-0.2, -0.15) is 0 Å². The topological polar surface area (TPSA) is 42.3 Å². The maximum absolute atomic E-state index is 12.6. The van der Waals surface area contributed by atoms with Crippen molar-refractivity contribution in [3.05, 3.63) is 59.9 Å². The third-order valence-electron chi connectivity index (χ3n) is 4.55. The van der Waals surface area contributed by atoms with Crippen LogP contribution in [0, 0.1) is 5.92 Å². The summed E-state index contributed by atoms with van der Waals surface area (Å²) in [5, 5.41) is 0. The van der Waals surface area contributed by atoms with Gasteiger partial charge in [0.15, 0.2) is 0 Å². The highest BCUT2D eigenvalue weighted by Gasteiger charge is 2.29. The summed E-state index contributed by atoms with van der Waals surface area (Å²) in [5.74, 6) is 0.212. The van der Waals surface area contributed by atoms with Crippen LogP contribution in [0.25, 0.3) is 0 Å². The van der Waals surface area contributed by atoms with Crippen LogP contribution in [0.1, 0.15) is 28.9 Å². The summed E-state index contributed by atoms with van der Waals surface area (Å²) >= 11 is 0. The van der Waals surface area contributed by atoms with Crippen LogP contribution < -0.4 is 0 Å². The van der Waals surface area contributed by atoms with Crippen molar-refractivity contribution in [2.24, 2.45) is 13.0 Å².